The van der Waals surface area contributed by atoms with E-state index in [2.05, 4.69) is 6.58 Å². The van der Waals surface area contributed by atoms with Crippen LogP contribution >= 0.6 is 11.6 Å². The highest BCUT2D eigenvalue weighted by atomic mass is 35.5. The lowest BCUT2D eigenvalue weighted by molar-refractivity contribution is -0.137. The number of carbonyl (C=O) groups excluding carboxylic acids is 2. The van der Waals surface area contributed by atoms with Crippen LogP contribution in [0.2, 0.25) is 5.02 Å². The molecule has 0 radical (unpaired) electrons. The van der Waals surface area contributed by atoms with E-state index >= 15 is 0 Å². The molecule has 0 aliphatic heterocycles. The minimum Gasteiger partial charge on any atom is -0.508 e. The fraction of sp³-hybridized carbons (Fsp3) is 0.300. The molecule has 3 rings (SSSR count). The number of phenolic OH excluding ortho intramolecular Hbond substituents is 1. The zero-order valence-corrected chi connectivity index (χ0v) is 14.4. The maximum atomic E-state index is 12.9. The van der Waals surface area contributed by atoms with Crippen LogP contribution in [-0.2, 0) is 9.59 Å². The number of rotatable bonds is 2. The van der Waals surface area contributed by atoms with Crippen LogP contribution in [0.25, 0.3) is 0 Å². The molecule has 24 heavy (non-hydrogen) atoms. The highest BCUT2D eigenvalue weighted by Crippen LogP contribution is 2.55. The molecule has 3 atom stereocenters. The number of aromatic hydroxyl groups is 1. The molecule has 4 heteroatoms. The molecule has 0 fully saturated rings. The monoisotopic (exact) mass is 342 g/mol. The molecule has 124 valence electrons. The second kappa shape index (κ2) is 5.75. The number of halogens is 1. The Balaban J connectivity index is 2.26. The number of fused-ring (bicyclic) bond motifs is 1. The fourth-order valence-corrected chi connectivity index (χ4v) is 4.29. The summed E-state index contributed by atoms with van der Waals surface area (Å²) < 4.78 is 0. The van der Waals surface area contributed by atoms with Gasteiger partial charge in [0.05, 0.1) is 5.41 Å². The molecule has 0 aromatic heterocycles. The van der Waals surface area contributed by atoms with Gasteiger partial charge in [-0.15, -0.1) is 0 Å². The molecule has 0 saturated carbocycles. The molecular formula is C20H19ClO3. The molecule has 2 aliphatic rings. The van der Waals surface area contributed by atoms with Crippen molar-refractivity contribution in [2.24, 2.45) is 11.3 Å². The van der Waals surface area contributed by atoms with Crippen LogP contribution < -0.4 is 0 Å². The average molecular weight is 343 g/mol. The summed E-state index contributed by atoms with van der Waals surface area (Å²) in [6, 6.07) is 4.72. The van der Waals surface area contributed by atoms with Crippen LogP contribution in [0.5, 0.6) is 5.75 Å². The maximum Gasteiger partial charge on any atom is 0.163 e. The van der Waals surface area contributed by atoms with Crippen molar-refractivity contribution in [1.29, 1.82) is 0 Å². The van der Waals surface area contributed by atoms with Gasteiger partial charge in [0.2, 0.25) is 0 Å². The van der Waals surface area contributed by atoms with Gasteiger partial charge >= 0.3 is 0 Å². The summed E-state index contributed by atoms with van der Waals surface area (Å²) in [4.78, 5) is 25.6. The summed E-state index contributed by atoms with van der Waals surface area (Å²) >= 11 is 6.36. The van der Waals surface area contributed by atoms with E-state index in [1.807, 2.05) is 13.0 Å². The molecular weight excluding hydrogens is 324 g/mol. The van der Waals surface area contributed by atoms with Gasteiger partial charge in [-0.05, 0) is 48.3 Å². The first kappa shape index (κ1) is 16.7. The van der Waals surface area contributed by atoms with Crippen LogP contribution in [0, 0.1) is 11.3 Å². The van der Waals surface area contributed by atoms with Crippen LogP contribution in [-0.4, -0.2) is 16.7 Å². The number of hydrogen-bond acceptors (Lipinski definition) is 3. The van der Waals surface area contributed by atoms with Crippen molar-refractivity contribution in [1.82, 2.24) is 0 Å². The number of benzene rings is 1. The van der Waals surface area contributed by atoms with Gasteiger partial charge in [-0.3, -0.25) is 9.59 Å². The van der Waals surface area contributed by atoms with E-state index in [9.17, 15) is 14.7 Å². The molecule has 1 N–H and O–H groups in total. The third-order valence-electron chi connectivity index (χ3n) is 5.36. The minimum atomic E-state index is -0.907. The number of ketones is 2. The first-order chi connectivity index (χ1) is 11.3. The SMILES string of the molecule is C=CC1=CC[C@H]2C(=O)C(C)=CC(=O)[C@@]2(C)[C@H]1c1ccc(O)cc1Cl. The van der Waals surface area contributed by atoms with Gasteiger partial charge in [-0.1, -0.05) is 43.3 Å². The van der Waals surface area contributed by atoms with E-state index in [-0.39, 0.29) is 23.2 Å². The van der Waals surface area contributed by atoms with E-state index in [0.29, 0.717) is 17.0 Å². The van der Waals surface area contributed by atoms with Gasteiger partial charge in [-0.2, -0.15) is 0 Å². The maximum absolute atomic E-state index is 12.9. The quantitative estimate of drug-likeness (QED) is 0.868. The zero-order chi connectivity index (χ0) is 17.6. The summed E-state index contributed by atoms with van der Waals surface area (Å²) in [5, 5.41) is 10.0. The highest BCUT2D eigenvalue weighted by molar-refractivity contribution is 6.31. The van der Waals surface area contributed by atoms with Crippen molar-refractivity contribution >= 4 is 23.2 Å². The molecule has 0 saturated heterocycles. The molecule has 0 spiro atoms. The first-order valence-corrected chi connectivity index (χ1v) is 8.26. The van der Waals surface area contributed by atoms with Gasteiger partial charge in [-0.25, -0.2) is 0 Å². The normalized spacial score (nSPS) is 29.6. The number of Topliss-reactive ketones (excluding diaryl/α,β-unsaturated/α-hetero) is 1. The summed E-state index contributed by atoms with van der Waals surface area (Å²) in [5.74, 6) is -0.772. The smallest absolute Gasteiger partial charge is 0.163 e. The standard InChI is InChI=1S/C20H19ClO3/c1-4-12-5-8-15-19(24)11(2)9-17(23)20(15,3)18(12)14-7-6-13(22)10-16(14)21/h4-7,9-10,15,18,22H,1,8H2,2-3H3/t15-,18+,20-/m0/s1. The predicted octanol–water partition coefficient (Wildman–Crippen LogP) is 4.37. The van der Waals surface area contributed by atoms with E-state index in [1.165, 1.54) is 12.1 Å². The lowest BCUT2D eigenvalue weighted by Crippen LogP contribution is -2.49. The van der Waals surface area contributed by atoms with Crippen LogP contribution in [0.3, 0.4) is 0 Å². The van der Waals surface area contributed by atoms with Crippen molar-refractivity contribution in [2.45, 2.75) is 26.2 Å². The summed E-state index contributed by atoms with van der Waals surface area (Å²) in [6.07, 6.45) is 5.65. The largest absolute Gasteiger partial charge is 0.508 e. The minimum absolute atomic E-state index is 0.0105. The van der Waals surface area contributed by atoms with Crippen molar-refractivity contribution in [3.63, 3.8) is 0 Å². The average Bonchev–Trinajstić information content (AvgIpc) is 2.53. The van der Waals surface area contributed by atoms with Gasteiger partial charge in [0.1, 0.15) is 5.75 Å². The number of hydrogen-bond donors (Lipinski definition) is 1. The molecule has 0 bridgehead atoms. The third kappa shape index (κ3) is 2.27. The van der Waals surface area contributed by atoms with E-state index in [0.717, 1.165) is 11.1 Å². The number of carbonyl (C=O) groups is 2. The van der Waals surface area contributed by atoms with Gasteiger partial charge in [0.15, 0.2) is 11.6 Å². The molecule has 2 aliphatic carbocycles. The summed E-state index contributed by atoms with van der Waals surface area (Å²) in [5.41, 5.74) is 1.21. The van der Waals surface area contributed by atoms with E-state index < -0.39 is 11.3 Å². The Morgan fingerprint density at radius 3 is 2.71 bits per heavy atom. The molecule has 1 aromatic carbocycles. The van der Waals surface area contributed by atoms with E-state index in [4.69, 9.17) is 11.6 Å². The van der Waals surface area contributed by atoms with Gasteiger partial charge in [0.25, 0.3) is 0 Å². The Hall–Kier alpha value is -2.13. The van der Waals surface area contributed by atoms with Crippen LogP contribution in [0.15, 0.2) is 54.2 Å². The van der Waals surface area contributed by atoms with E-state index in [1.54, 1.807) is 25.1 Å². The molecule has 3 nitrogen and oxygen atoms in total. The molecule has 1 aromatic rings. The topological polar surface area (TPSA) is 54.4 Å². The van der Waals surface area contributed by atoms with Gasteiger partial charge < -0.3 is 5.11 Å². The Labute approximate surface area is 146 Å². The number of allylic oxidation sites excluding steroid dienone is 5. The van der Waals surface area contributed by atoms with Crippen molar-refractivity contribution in [3.8, 4) is 5.75 Å². The Morgan fingerprint density at radius 1 is 1.38 bits per heavy atom. The summed E-state index contributed by atoms with van der Waals surface area (Å²) in [6.45, 7) is 7.39. The molecule has 0 heterocycles. The predicted molar refractivity (Wildman–Crippen MR) is 94.1 cm³/mol. The van der Waals surface area contributed by atoms with Crippen molar-refractivity contribution < 1.29 is 14.7 Å². The number of phenols is 1. The Kier molecular flexibility index (Phi) is 4.00. The highest BCUT2D eigenvalue weighted by Gasteiger charge is 2.54. The Bertz CT molecular complexity index is 818. The van der Waals surface area contributed by atoms with Crippen molar-refractivity contribution in [3.05, 3.63) is 64.7 Å². The van der Waals surface area contributed by atoms with Crippen LogP contribution in [0.1, 0.15) is 31.7 Å². The Morgan fingerprint density at radius 2 is 2.08 bits per heavy atom. The molecule has 0 amide bonds. The lowest BCUT2D eigenvalue weighted by Gasteiger charge is -2.47. The lowest BCUT2D eigenvalue weighted by atomic mass is 9.53. The summed E-state index contributed by atoms with van der Waals surface area (Å²) in [7, 11) is 0. The molecule has 0 unspecified atom stereocenters. The van der Waals surface area contributed by atoms with Gasteiger partial charge in [0, 0.05) is 16.9 Å². The fourth-order valence-electron chi connectivity index (χ4n) is 4.01. The third-order valence-corrected chi connectivity index (χ3v) is 5.69. The second-order valence-corrected chi connectivity index (χ2v) is 7.08. The van der Waals surface area contributed by atoms with Crippen molar-refractivity contribution in [2.75, 3.05) is 0 Å². The second-order valence-electron chi connectivity index (χ2n) is 6.67. The zero-order valence-electron chi connectivity index (χ0n) is 13.7. The first-order valence-electron chi connectivity index (χ1n) is 7.88. The van der Waals surface area contributed by atoms with Crippen LogP contribution in [0.4, 0.5) is 0 Å².